The number of allylic oxidation sites excluding steroid dienone is 2. The van der Waals surface area contributed by atoms with Gasteiger partial charge in [0.25, 0.3) is 0 Å². The molecule has 0 radical (unpaired) electrons. The Bertz CT molecular complexity index is 559. The molecule has 0 fully saturated rings. The summed E-state index contributed by atoms with van der Waals surface area (Å²) in [5.74, 6) is -0.805. The van der Waals surface area contributed by atoms with Crippen LogP contribution in [0.2, 0.25) is 0 Å². The van der Waals surface area contributed by atoms with E-state index in [9.17, 15) is 14.4 Å². The number of carbonyl (C=O) groups excluding carboxylic acids is 3. The second kappa shape index (κ2) is 5.82. The molecule has 4 nitrogen and oxygen atoms in total. The zero-order valence-electron chi connectivity index (χ0n) is 11.3. The summed E-state index contributed by atoms with van der Waals surface area (Å²) in [5.41, 5.74) is -0.522. The Morgan fingerprint density at radius 2 is 1.95 bits per heavy atom. The third-order valence-electron chi connectivity index (χ3n) is 3.54. The molecule has 0 saturated carbocycles. The Hall–Kier alpha value is -2.23. The van der Waals surface area contributed by atoms with Crippen LogP contribution in [0.15, 0.2) is 42.5 Å². The summed E-state index contributed by atoms with van der Waals surface area (Å²) < 4.78 is 4.80. The molecule has 1 atom stereocenters. The van der Waals surface area contributed by atoms with Crippen molar-refractivity contribution in [2.24, 2.45) is 5.41 Å². The lowest BCUT2D eigenvalue weighted by Gasteiger charge is -2.30. The molecule has 0 amide bonds. The van der Waals surface area contributed by atoms with Gasteiger partial charge >= 0.3 is 5.97 Å². The van der Waals surface area contributed by atoms with Crippen LogP contribution in [0.4, 0.5) is 0 Å². The fourth-order valence-corrected chi connectivity index (χ4v) is 2.49. The van der Waals surface area contributed by atoms with Crippen molar-refractivity contribution in [3.63, 3.8) is 0 Å². The number of hydrogen-bond donors (Lipinski definition) is 0. The molecule has 2 rings (SSSR count). The molecule has 0 aliphatic heterocycles. The number of ketones is 2. The first-order valence-electron chi connectivity index (χ1n) is 6.43. The van der Waals surface area contributed by atoms with Gasteiger partial charge in [0.15, 0.2) is 11.6 Å². The third kappa shape index (κ3) is 2.85. The summed E-state index contributed by atoms with van der Waals surface area (Å²) >= 11 is 0. The van der Waals surface area contributed by atoms with Gasteiger partial charge < -0.3 is 4.74 Å². The van der Waals surface area contributed by atoms with Crippen LogP contribution < -0.4 is 0 Å². The predicted molar refractivity (Wildman–Crippen MR) is 73.2 cm³/mol. The molecule has 1 unspecified atom stereocenters. The highest BCUT2D eigenvalue weighted by Gasteiger charge is 2.43. The maximum absolute atomic E-state index is 12.3. The average molecular weight is 272 g/mol. The lowest BCUT2D eigenvalue weighted by Crippen LogP contribution is -2.38. The number of benzene rings is 1. The summed E-state index contributed by atoms with van der Waals surface area (Å²) in [4.78, 5) is 36.0. The van der Waals surface area contributed by atoms with Crippen molar-refractivity contribution < 1.29 is 19.1 Å². The van der Waals surface area contributed by atoms with Crippen LogP contribution in [-0.4, -0.2) is 24.6 Å². The monoisotopic (exact) mass is 272 g/mol. The molecule has 0 saturated heterocycles. The van der Waals surface area contributed by atoms with Gasteiger partial charge in [0.1, 0.15) is 0 Å². The molecule has 1 aliphatic rings. The second-order valence-corrected chi connectivity index (χ2v) is 4.99. The van der Waals surface area contributed by atoms with E-state index in [4.69, 9.17) is 4.74 Å². The van der Waals surface area contributed by atoms with E-state index in [1.54, 1.807) is 30.3 Å². The molecule has 0 spiro atoms. The molecular formula is C16H16O4. The molecule has 0 heterocycles. The van der Waals surface area contributed by atoms with Crippen LogP contribution in [0.1, 0.15) is 29.6 Å². The van der Waals surface area contributed by atoms with Crippen molar-refractivity contribution in [2.75, 3.05) is 7.11 Å². The molecule has 0 aromatic heterocycles. The molecule has 1 aromatic rings. The highest BCUT2D eigenvalue weighted by molar-refractivity contribution is 6.02. The van der Waals surface area contributed by atoms with Gasteiger partial charge in [-0.1, -0.05) is 36.4 Å². The summed E-state index contributed by atoms with van der Waals surface area (Å²) in [5, 5.41) is 0. The number of Topliss-reactive ketones (excluding diaryl/α,β-unsaturated/α-hetero) is 1. The summed E-state index contributed by atoms with van der Waals surface area (Å²) in [6.45, 7) is 0. The molecule has 1 aliphatic carbocycles. The van der Waals surface area contributed by atoms with Gasteiger partial charge in [-0.15, -0.1) is 0 Å². The maximum atomic E-state index is 12.3. The SMILES string of the molecule is COC(=O)C1(CC(=O)c2ccccc2)CC=CC(=O)C1. The van der Waals surface area contributed by atoms with E-state index in [0.29, 0.717) is 12.0 Å². The first kappa shape index (κ1) is 14.2. The highest BCUT2D eigenvalue weighted by Crippen LogP contribution is 2.37. The van der Waals surface area contributed by atoms with Crippen molar-refractivity contribution >= 4 is 17.5 Å². The third-order valence-corrected chi connectivity index (χ3v) is 3.54. The van der Waals surface area contributed by atoms with Crippen LogP contribution in [0.5, 0.6) is 0 Å². The fraction of sp³-hybridized carbons (Fsp3) is 0.312. The van der Waals surface area contributed by atoms with Gasteiger partial charge in [-0.05, 0) is 12.5 Å². The number of rotatable bonds is 4. The molecular weight excluding hydrogens is 256 g/mol. The summed E-state index contributed by atoms with van der Waals surface area (Å²) in [6, 6.07) is 8.76. The Morgan fingerprint density at radius 1 is 1.25 bits per heavy atom. The zero-order chi connectivity index (χ0) is 14.6. The van der Waals surface area contributed by atoms with Gasteiger partial charge in [-0.2, -0.15) is 0 Å². The van der Waals surface area contributed by atoms with Crippen molar-refractivity contribution in [1.29, 1.82) is 0 Å². The molecule has 0 N–H and O–H groups in total. The largest absolute Gasteiger partial charge is 0.469 e. The smallest absolute Gasteiger partial charge is 0.313 e. The summed E-state index contributed by atoms with van der Waals surface area (Å²) in [7, 11) is 1.28. The first-order valence-corrected chi connectivity index (χ1v) is 6.43. The quantitative estimate of drug-likeness (QED) is 0.623. The van der Waals surface area contributed by atoms with Gasteiger partial charge in [0, 0.05) is 18.4 Å². The minimum absolute atomic E-state index is 0.0141. The van der Waals surface area contributed by atoms with Crippen molar-refractivity contribution in [1.82, 2.24) is 0 Å². The highest BCUT2D eigenvalue weighted by atomic mass is 16.5. The minimum Gasteiger partial charge on any atom is -0.469 e. The van der Waals surface area contributed by atoms with Gasteiger partial charge in [-0.3, -0.25) is 14.4 Å². The Kier molecular flexibility index (Phi) is 4.13. The van der Waals surface area contributed by atoms with Crippen molar-refractivity contribution in [2.45, 2.75) is 19.3 Å². The van der Waals surface area contributed by atoms with E-state index < -0.39 is 11.4 Å². The number of hydrogen-bond acceptors (Lipinski definition) is 4. The molecule has 0 bridgehead atoms. The molecule has 1 aromatic carbocycles. The topological polar surface area (TPSA) is 60.4 Å². The van der Waals surface area contributed by atoms with Crippen LogP contribution in [0.25, 0.3) is 0 Å². The van der Waals surface area contributed by atoms with Crippen LogP contribution in [0, 0.1) is 5.41 Å². The van der Waals surface area contributed by atoms with Crippen LogP contribution >= 0.6 is 0 Å². The van der Waals surface area contributed by atoms with E-state index >= 15 is 0 Å². The van der Waals surface area contributed by atoms with E-state index in [-0.39, 0.29) is 24.4 Å². The van der Waals surface area contributed by atoms with Crippen LogP contribution in [-0.2, 0) is 14.3 Å². The molecule has 20 heavy (non-hydrogen) atoms. The van der Waals surface area contributed by atoms with E-state index in [2.05, 4.69) is 0 Å². The van der Waals surface area contributed by atoms with Gasteiger partial charge in [-0.25, -0.2) is 0 Å². The van der Waals surface area contributed by atoms with E-state index in [1.165, 1.54) is 13.2 Å². The van der Waals surface area contributed by atoms with E-state index in [1.807, 2.05) is 6.07 Å². The number of carbonyl (C=O) groups is 3. The minimum atomic E-state index is -1.06. The molecule has 4 heteroatoms. The maximum Gasteiger partial charge on any atom is 0.313 e. The van der Waals surface area contributed by atoms with Gasteiger partial charge in [0.2, 0.25) is 0 Å². The van der Waals surface area contributed by atoms with Gasteiger partial charge in [0.05, 0.1) is 12.5 Å². The summed E-state index contributed by atoms with van der Waals surface area (Å²) in [6.07, 6.45) is 3.45. The lowest BCUT2D eigenvalue weighted by atomic mass is 9.72. The Labute approximate surface area is 117 Å². The first-order chi connectivity index (χ1) is 9.57. The molecule has 104 valence electrons. The second-order valence-electron chi connectivity index (χ2n) is 4.99. The number of ether oxygens (including phenoxy) is 1. The van der Waals surface area contributed by atoms with Crippen LogP contribution in [0.3, 0.4) is 0 Å². The van der Waals surface area contributed by atoms with Crippen molar-refractivity contribution in [3.8, 4) is 0 Å². The fourth-order valence-electron chi connectivity index (χ4n) is 2.49. The standard InChI is InChI=1S/C16H16O4/c1-20-15(19)16(9-5-8-13(17)10-16)11-14(18)12-6-3-2-4-7-12/h2-8H,9-11H2,1H3. The lowest BCUT2D eigenvalue weighted by molar-refractivity contribution is -0.154. The van der Waals surface area contributed by atoms with Crippen molar-refractivity contribution in [3.05, 3.63) is 48.0 Å². The predicted octanol–water partition coefficient (Wildman–Crippen LogP) is 2.34. The zero-order valence-corrected chi connectivity index (χ0v) is 11.3. The normalized spacial score (nSPS) is 21.6. The average Bonchev–Trinajstić information content (AvgIpc) is 2.47. The number of esters is 1. The Balaban J connectivity index is 2.25. The van der Waals surface area contributed by atoms with E-state index in [0.717, 1.165) is 0 Å². The number of methoxy groups -OCH3 is 1. The Morgan fingerprint density at radius 3 is 2.55 bits per heavy atom.